The maximum absolute atomic E-state index is 9.39. The standard InChI is InChI=1S/C24H26B2ClN3O2/c1-31-19-4-6-22(7-5-19)12-16-3-2-15(17-8-14(13-28)9-18(27)10-17)11-20(16)23(22)24(25,26)32-21(29)30-23/h2-3,8-11,19H,4-7,12,25-26H2,1H3,(H2,29,30)/t19-,22-,23-/m0/s1. The van der Waals surface area contributed by atoms with Gasteiger partial charge in [-0.05, 0) is 78.6 Å². The van der Waals surface area contributed by atoms with Crippen molar-refractivity contribution in [3.05, 3.63) is 58.1 Å². The van der Waals surface area contributed by atoms with E-state index >= 15 is 0 Å². The summed E-state index contributed by atoms with van der Waals surface area (Å²) in [5, 5.41) is 9.37. The first-order valence-corrected chi connectivity index (χ1v) is 11.5. The third-order valence-electron chi connectivity index (χ3n) is 7.89. The number of fused-ring (bicyclic) bond motifs is 3. The quantitative estimate of drug-likeness (QED) is 0.720. The number of methoxy groups -OCH3 is 1. The smallest absolute Gasteiger partial charge is 0.282 e. The maximum Gasteiger partial charge on any atom is 0.282 e. The molecule has 5 rings (SSSR count). The zero-order valence-corrected chi connectivity index (χ0v) is 19.5. The van der Waals surface area contributed by atoms with E-state index in [2.05, 4.69) is 40.0 Å². The molecule has 2 aromatic carbocycles. The molecular weight excluding hydrogens is 419 g/mol. The lowest BCUT2D eigenvalue weighted by atomic mass is 9.45. The number of amidine groups is 1. The molecule has 2 aliphatic carbocycles. The molecule has 2 aromatic rings. The molecular formula is C24H26B2ClN3O2. The van der Waals surface area contributed by atoms with Crippen LogP contribution in [0.2, 0.25) is 5.02 Å². The van der Waals surface area contributed by atoms with Crippen LogP contribution in [0.1, 0.15) is 42.4 Å². The lowest BCUT2D eigenvalue weighted by Gasteiger charge is -2.51. The summed E-state index contributed by atoms with van der Waals surface area (Å²) in [5.74, 6) is 0. The summed E-state index contributed by atoms with van der Waals surface area (Å²) in [6, 6.07) is 14.5. The van der Waals surface area contributed by atoms with Gasteiger partial charge in [-0.15, -0.1) is 0 Å². The van der Waals surface area contributed by atoms with Gasteiger partial charge in [0.2, 0.25) is 0 Å². The number of nitriles is 1. The highest BCUT2D eigenvalue weighted by molar-refractivity contribution is 6.41. The second-order valence-electron chi connectivity index (χ2n) is 9.88. The summed E-state index contributed by atoms with van der Waals surface area (Å²) in [6.07, 6.45) is 5.26. The van der Waals surface area contributed by atoms with Crippen LogP contribution in [-0.4, -0.2) is 40.3 Å². The van der Waals surface area contributed by atoms with E-state index in [0.717, 1.165) is 43.2 Å². The minimum absolute atomic E-state index is 0.0697. The van der Waals surface area contributed by atoms with Crippen LogP contribution in [0, 0.1) is 16.7 Å². The van der Waals surface area contributed by atoms with Crippen molar-refractivity contribution in [2.24, 2.45) is 16.1 Å². The molecule has 8 heteroatoms. The van der Waals surface area contributed by atoms with E-state index in [-0.39, 0.29) is 11.4 Å². The number of nitrogens with two attached hydrogens (primary N) is 1. The van der Waals surface area contributed by atoms with Crippen molar-refractivity contribution in [1.29, 1.82) is 5.26 Å². The molecule has 1 fully saturated rings. The Hall–Kier alpha value is -2.42. The van der Waals surface area contributed by atoms with Crippen LogP contribution in [0.4, 0.5) is 0 Å². The Labute approximate surface area is 195 Å². The highest BCUT2D eigenvalue weighted by atomic mass is 35.5. The fourth-order valence-electron chi connectivity index (χ4n) is 6.56. The third-order valence-corrected chi connectivity index (χ3v) is 8.11. The average molecular weight is 446 g/mol. The Morgan fingerprint density at radius 2 is 1.94 bits per heavy atom. The van der Waals surface area contributed by atoms with Gasteiger partial charge >= 0.3 is 0 Å². The van der Waals surface area contributed by atoms with Gasteiger partial charge in [-0.1, -0.05) is 23.7 Å². The van der Waals surface area contributed by atoms with E-state index in [0.29, 0.717) is 16.7 Å². The molecule has 2 N–H and O–H groups in total. The van der Waals surface area contributed by atoms with Crippen LogP contribution < -0.4 is 5.73 Å². The summed E-state index contributed by atoms with van der Waals surface area (Å²) in [6.45, 7) is 0. The molecule has 0 bridgehead atoms. The van der Waals surface area contributed by atoms with Gasteiger partial charge in [0.15, 0.2) is 15.7 Å². The molecule has 3 aliphatic rings. The number of benzene rings is 2. The Kier molecular flexibility index (Phi) is 4.89. The molecule has 5 nitrogen and oxygen atoms in total. The molecule has 0 aromatic heterocycles. The molecule has 0 amide bonds. The number of aliphatic imine (C=N–C) groups is 1. The number of rotatable bonds is 2. The number of hydrogen-bond acceptors (Lipinski definition) is 5. The van der Waals surface area contributed by atoms with Gasteiger partial charge in [-0.25, -0.2) is 4.99 Å². The molecule has 1 saturated carbocycles. The van der Waals surface area contributed by atoms with Gasteiger partial charge in [0, 0.05) is 17.5 Å². The predicted molar refractivity (Wildman–Crippen MR) is 131 cm³/mol. The fourth-order valence-corrected chi connectivity index (χ4v) is 6.80. The minimum atomic E-state index is -0.576. The van der Waals surface area contributed by atoms with Gasteiger partial charge in [0.05, 0.1) is 23.1 Å². The molecule has 2 spiro atoms. The lowest BCUT2D eigenvalue weighted by molar-refractivity contribution is -0.0256. The second-order valence-corrected chi connectivity index (χ2v) is 10.3. The summed E-state index contributed by atoms with van der Waals surface area (Å²) in [7, 11) is 6.01. The Balaban J connectivity index is 1.69. The average Bonchev–Trinajstić information content (AvgIpc) is 3.18. The first-order chi connectivity index (χ1) is 15.2. The predicted octanol–water partition coefficient (Wildman–Crippen LogP) is 2.47. The largest absolute Gasteiger partial charge is 0.475 e. The van der Waals surface area contributed by atoms with Gasteiger partial charge in [-0.3, -0.25) is 0 Å². The maximum atomic E-state index is 9.39. The van der Waals surface area contributed by atoms with Gasteiger partial charge < -0.3 is 15.2 Å². The molecule has 32 heavy (non-hydrogen) atoms. The van der Waals surface area contributed by atoms with Crippen LogP contribution >= 0.6 is 11.6 Å². The van der Waals surface area contributed by atoms with Crippen LogP contribution in [0.25, 0.3) is 11.1 Å². The first-order valence-electron chi connectivity index (χ1n) is 11.2. The summed E-state index contributed by atoms with van der Waals surface area (Å²) >= 11 is 6.30. The summed E-state index contributed by atoms with van der Waals surface area (Å²) in [4.78, 5) is 5.08. The summed E-state index contributed by atoms with van der Waals surface area (Å²) < 4.78 is 11.8. The fraction of sp³-hybridized carbons (Fsp3) is 0.417. The molecule has 0 saturated heterocycles. The molecule has 162 valence electrons. The van der Waals surface area contributed by atoms with Crippen LogP contribution in [-0.2, 0) is 21.4 Å². The Bertz CT molecular complexity index is 1170. The Morgan fingerprint density at radius 3 is 2.56 bits per heavy atom. The van der Waals surface area contributed by atoms with Crippen molar-refractivity contribution in [3.63, 3.8) is 0 Å². The normalized spacial score (nSPS) is 30.0. The number of nitrogens with zero attached hydrogens (tertiary/aromatic N) is 2. The zero-order chi connectivity index (χ0) is 22.7. The third kappa shape index (κ3) is 2.93. The number of hydrogen-bond donors (Lipinski definition) is 1. The monoisotopic (exact) mass is 445 g/mol. The van der Waals surface area contributed by atoms with E-state index < -0.39 is 10.9 Å². The van der Waals surface area contributed by atoms with E-state index in [1.54, 1.807) is 13.2 Å². The van der Waals surface area contributed by atoms with Crippen molar-refractivity contribution < 1.29 is 9.47 Å². The first kappa shape index (κ1) is 21.4. The van der Waals surface area contributed by atoms with E-state index in [9.17, 15) is 5.26 Å². The SMILES string of the molecule is BC1(B)OC(N)=N[C@]12c1cc(-c3cc(Cl)cc(C#N)c3)ccc1C[C@]21CC[C@@H](OC)CC1. The zero-order valence-electron chi connectivity index (χ0n) is 18.7. The van der Waals surface area contributed by atoms with Crippen LogP contribution in [0.5, 0.6) is 0 Å². The molecule has 1 atom stereocenters. The van der Waals surface area contributed by atoms with Crippen molar-refractivity contribution in [1.82, 2.24) is 0 Å². The van der Waals surface area contributed by atoms with Crippen molar-refractivity contribution in [2.45, 2.75) is 49.1 Å². The second kappa shape index (κ2) is 7.30. The lowest BCUT2D eigenvalue weighted by Crippen LogP contribution is -2.59. The topological polar surface area (TPSA) is 80.6 Å². The molecule has 1 heterocycles. The highest BCUT2D eigenvalue weighted by Gasteiger charge is 2.68. The number of ether oxygens (including phenoxy) is 2. The van der Waals surface area contributed by atoms with Crippen molar-refractivity contribution >= 4 is 33.3 Å². The van der Waals surface area contributed by atoms with E-state index in [4.69, 9.17) is 31.8 Å². The number of halogens is 1. The molecule has 1 aliphatic heterocycles. The van der Waals surface area contributed by atoms with E-state index in [1.807, 2.05) is 12.1 Å². The minimum Gasteiger partial charge on any atom is -0.475 e. The van der Waals surface area contributed by atoms with Crippen molar-refractivity contribution in [2.75, 3.05) is 7.11 Å². The molecule has 0 radical (unpaired) electrons. The van der Waals surface area contributed by atoms with Crippen molar-refractivity contribution in [3.8, 4) is 17.2 Å². The Morgan fingerprint density at radius 1 is 1.19 bits per heavy atom. The summed E-state index contributed by atoms with van der Waals surface area (Å²) in [5.41, 5.74) is 10.5. The molecule has 0 unspecified atom stereocenters. The van der Waals surface area contributed by atoms with Crippen LogP contribution in [0.3, 0.4) is 0 Å². The van der Waals surface area contributed by atoms with E-state index in [1.165, 1.54) is 11.1 Å². The van der Waals surface area contributed by atoms with Gasteiger partial charge in [0.25, 0.3) is 6.02 Å². The van der Waals surface area contributed by atoms with Gasteiger partial charge in [0.1, 0.15) is 5.54 Å². The van der Waals surface area contributed by atoms with Crippen LogP contribution in [0.15, 0.2) is 41.4 Å². The van der Waals surface area contributed by atoms with Gasteiger partial charge in [-0.2, -0.15) is 5.26 Å². The highest BCUT2D eigenvalue weighted by Crippen LogP contribution is 2.65.